The van der Waals surface area contributed by atoms with E-state index in [4.69, 9.17) is 0 Å². The van der Waals surface area contributed by atoms with Crippen LogP contribution < -0.4 is 5.32 Å². The van der Waals surface area contributed by atoms with Gasteiger partial charge in [-0.25, -0.2) is 16.8 Å². The normalized spacial score (nSPS) is 25.7. The second kappa shape index (κ2) is 4.85. The summed E-state index contributed by atoms with van der Waals surface area (Å²) in [4.78, 5) is 0. The molecular formula is C10H21NO4S2. The van der Waals surface area contributed by atoms with Crippen molar-refractivity contribution >= 4 is 19.7 Å². The van der Waals surface area contributed by atoms with Crippen LogP contribution >= 0.6 is 0 Å². The molecule has 0 aromatic heterocycles. The van der Waals surface area contributed by atoms with E-state index in [2.05, 4.69) is 5.32 Å². The van der Waals surface area contributed by atoms with Gasteiger partial charge < -0.3 is 5.32 Å². The number of rotatable bonds is 4. The Kier molecular flexibility index (Phi) is 4.26. The van der Waals surface area contributed by atoms with Crippen molar-refractivity contribution in [1.29, 1.82) is 0 Å². The zero-order valence-corrected chi connectivity index (χ0v) is 12.2. The van der Waals surface area contributed by atoms with E-state index < -0.39 is 24.4 Å². The van der Waals surface area contributed by atoms with Gasteiger partial charge in [0.25, 0.3) is 0 Å². The zero-order chi connectivity index (χ0) is 13.3. The molecule has 1 aliphatic heterocycles. The fraction of sp³-hybridized carbons (Fsp3) is 1.00. The predicted octanol–water partition coefficient (Wildman–Crippen LogP) is -0.0236. The van der Waals surface area contributed by atoms with Crippen LogP contribution in [0.15, 0.2) is 0 Å². The molecule has 1 fully saturated rings. The molecule has 1 rings (SSSR count). The summed E-state index contributed by atoms with van der Waals surface area (Å²) >= 11 is 0. The Morgan fingerprint density at radius 2 is 1.94 bits per heavy atom. The van der Waals surface area contributed by atoms with Crippen LogP contribution in [0.2, 0.25) is 0 Å². The van der Waals surface area contributed by atoms with Gasteiger partial charge in [-0.15, -0.1) is 0 Å². The first-order valence-corrected chi connectivity index (χ1v) is 9.38. The largest absolute Gasteiger partial charge is 0.311 e. The fourth-order valence-corrected chi connectivity index (χ4v) is 3.72. The van der Waals surface area contributed by atoms with Gasteiger partial charge in [-0.1, -0.05) is 0 Å². The molecule has 0 radical (unpaired) electrons. The van der Waals surface area contributed by atoms with Crippen LogP contribution in [0.4, 0.5) is 0 Å². The molecule has 1 atom stereocenters. The minimum atomic E-state index is -3.14. The fourth-order valence-electron chi connectivity index (χ4n) is 1.71. The molecule has 1 N–H and O–H groups in total. The lowest BCUT2D eigenvalue weighted by molar-refractivity contribution is 0.447. The lowest BCUT2D eigenvalue weighted by Crippen LogP contribution is -2.48. The summed E-state index contributed by atoms with van der Waals surface area (Å²) in [6.45, 7) is 3.57. The number of sulfone groups is 2. The molecule has 5 nitrogen and oxygen atoms in total. The molecule has 1 unspecified atom stereocenters. The first-order valence-electron chi connectivity index (χ1n) is 5.67. The standard InChI is InChI=1S/C10H21NO4S2/c1-10(2,16(3,12)13)8-11-9-5-4-6-17(14,15)7-9/h9,11H,4-8H2,1-3H3. The van der Waals surface area contributed by atoms with Crippen molar-refractivity contribution in [2.45, 2.75) is 37.5 Å². The summed E-state index contributed by atoms with van der Waals surface area (Å²) in [5.41, 5.74) is 0. The molecular weight excluding hydrogens is 262 g/mol. The number of hydrogen-bond acceptors (Lipinski definition) is 5. The van der Waals surface area contributed by atoms with E-state index in [0.29, 0.717) is 6.42 Å². The summed E-state index contributed by atoms with van der Waals surface area (Å²) in [5, 5.41) is 3.07. The highest BCUT2D eigenvalue weighted by Crippen LogP contribution is 2.16. The maximum Gasteiger partial charge on any atom is 0.153 e. The van der Waals surface area contributed by atoms with Crippen LogP contribution in [0.1, 0.15) is 26.7 Å². The summed E-state index contributed by atoms with van der Waals surface area (Å²) < 4.78 is 45.0. The first-order chi connectivity index (χ1) is 7.54. The molecule has 0 aromatic carbocycles. The van der Waals surface area contributed by atoms with Gasteiger partial charge in [0.05, 0.1) is 16.3 Å². The average molecular weight is 283 g/mol. The van der Waals surface area contributed by atoms with Gasteiger partial charge in [-0.2, -0.15) is 0 Å². The van der Waals surface area contributed by atoms with Crippen molar-refractivity contribution in [2.24, 2.45) is 0 Å². The van der Waals surface area contributed by atoms with Crippen molar-refractivity contribution in [3.63, 3.8) is 0 Å². The zero-order valence-electron chi connectivity index (χ0n) is 10.6. The summed E-state index contributed by atoms with van der Waals surface area (Å²) in [7, 11) is -6.09. The first kappa shape index (κ1) is 14.9. The maximum absolute atomic E-state index is 11.5. The van der Waals surface area contributed by atoms with Crippen LogP contribution in [0, 0.1) is 0 Å². The summed E-state index contributed by atoms with van der Waals surface area (Å²) in [6.07, 6.45) is 2.64. The van der Waals surface area contributed by atoms with Crippen LogP contribution in [-0.2, 0) is 19.7 Å². The quantitative estimate of drug-likeness (QED) is 0.784. The SMILES string of the molecule is CC(C)(CNC1CCCS(=O)(=O)C1)S(C)(=O)=O. The third kappa shape index (κ3) is 4.22. The predicted molar refractivity (Wildman–Crippen MR) is 68.6 cm³/mol. The van der Waals surface area contributed by atoms with E-state index in [1.807, 2.05) is 0 Å². The molecule has 0 aromatic rings. The van der Waals surface area contributed by atoms with Crippen molar-refractivity contribution in [2.75, 3.05) is 24.3 Å². The van der Waals surface area contributed by atoms with Gasteiger partial charge in [0.2, 0.25) is 0 Å². The Morgan fingerprint density at radius 3 is 2.41 bits per heavy atom. The van der Waals surface area contributed by atoms with Crippen LogP contribution in [0.3, 0.4) is 0 Å². The Morgan fingerprint density at radius 1 is 1.35 bits per heavy atom. The minimum Gasteiger partial charge on any atom is -0.311 e. The smallest absolute Gasteiger partial charge is 0.153 e. The van der Waals surface area contributed by atoms with Crippen molar-refractivity contribution < 1.29 is 16.8 Å². The molecule has 0 aliphatic carbocycles. The van der Waals surface area contributed by atoms with Crippen molar-refractivity contribution in [3.05, 3.63) is 0 Å². The van der Waals surface area contributed by atoms with Crippen LogP contribution in [0.25, 0.3) is 0 Å². The number of hydrogen-bond donors (Lipinski definition) is 1. The van der Waals surface area contributed by atoms with Gasteiger partial charge in [-0.05, 0) is 26.7 Å². The third-order valence-corrected chi connectivity index (χ3v) is 7.26. The third-order valence-electron chi connectivity index (χ3n) is 3.28. The molecule has 1 heterocycles. The Hall–Kier alpha value is -0.140. The lowest BCUT2D eigenvalue weighted by Gasteiger charge is -2.28. The average Bonchev–Trinajstić information content (AvgIpc) is 2.11. The van der Waals surface area contributed by atoms with E-state index in [9.17, 15) is 16.8 Å². The molecule has 1 saturated heterocycles. The van der Waals surface area contributed by atoms with Gasteiger partial charge in [-0.3, -0.25) is 0 Å². The van der Waals surface area contributed by atoms with Gasteiger partial charge >= 0.3 is 0 Å². The molecule has 0 saturated carbocycles. The van der Waals surface area contributed by atoms with Gasteiger partial charge in [0.1, 0.15) is 0 Å². The highest BCUT2D eigenvalue weighted by Gasteiger charge is 2.32. The number of nitrogens with one attached hydrogen (secondary N) is 1. The van der Waals surface area contributed by atoms with Crippen LogP contribution in [0.5, 0.6) is 0 Å². The highest BCUT2D eigenvalue weighted by molar-refractivity contribution is 7.92. The molecule has 0 amide bonds. The van der Waals surface area contributed by atoms with E-state index >= 15 is 0 Å². The Labute approximate surface area is 104 Å². The molecule has 7 heteroatoms. The van der Waals surface area contributed by atoms with E-state index in [-0.39, 0.29) is 24.1 Å². The summed E-state index contributed by atoms with van der Waals surface area (Å²) in [6, 6.07) is -0.116. The van der Waals surface area contributed by atoms with E-state index in [1.54, 1.807) is 13.8 Å². The molecule has 1 aliphatic rings. The second-order valence-electron chi connectivity index (χ2n) is 5.37. The molecule has 0 spiro atoms. The highest BCUT2D eigenvalue weighted by atomic mass is 32.2. The van der Waals surface area contributed by atoms with Crippen molar-refractivity contribution in [3.8, 4) is 0 Å². The van der Waals surface area contributed by atoms with Crippen molar-refractivity contribution in [1.82, 2.24) is 5.32 Å². The van der Waals surface area contributed by atoms with Gasteiger partial charge in [0.15, 0.2) is 19.7 Å². The minimum absolute atomic E-state index is 0.116. The van der Waals surface area contributed by atoms with Crippen LogP contribution in [-0.4, -0.2) is 51.9 Å². The molecule has 102 valence electrons. The Balaban J connectivity index is 2.58. The second-order valence-corrected chi connectivity index (χ2v) is 10.2. The molecule has 17 heavy (non-hydrogen) atoms. The summed E-state index contributed by atoms with van der Waals surface area (Å²) in [5.74, 6) is 0.369. The van der Waals surface area contributed by atoms with E-state index in [1.165, 1.54) is 6.26 Å². The monoisotopic (exact) mass is 283 g/mol. The van der Waals surface area contributed by atoms with E-state index in [0.717, 1.165) is 6.42 Å². The molecule has 0 bridgehead atoms. The maximum atomic E-state index is 11.5. The lowest BCUT2D eigenvalue weighted by atomic mass is 10.1. The van der Waals surface area contributed by atoms with Gasteiger partial charge in [0, 0.05) is 18.8 Å². The Bertz CT molecular complexity index is 465. The topological polar surface area (TPSA) is 80.3 Å².